The van der Waals surface area contributed by atoms with Crippen molar-refractivity contribution in [3.8, 4) is 0 Å². The number of thiophene rings is 1. The average Bonchev–Trinajstić information content (AvgIpc) is 2.50. The van der Waals surface area contributed by atoms with Crippen LogP contribution in [0, 0.1) is 13.8 Å². The van der Waals surface area contributed by atoms with Gasteiger partial charge in [0.05, 0.1) is 5.56 Å². The highest BCUT2D eigenvalue weighted by Gasteiger charge is 2.45. The lowest BCUT2D eigenvalue weighted by atomic mass is 9.76. The summed E-state index contributed by atoms with van der Waals surface area (Å²) < 4.78 is 0. The normalized spacial score (nSPS) is 17.3. The van der Waals surface area contributed by atoms with Crippen LogP contribution >= 0.6 is 11.3 Å². The number of hydrogen-bond acceptors (Lipinski definition) is 3. The molecule has 1 amide bonds. The molecule has 4 nitrogen and oxygen atoms in total. The van der Waals surface area contributed by atoms with Crippen molar-refractivity contribution < 1.29 is 14.7 Å². The van der Waals surface area contributed by atoms with Crippen molar-refractivity contribution in [1.29, 1.82) is 0 Å². The van der Waals surface area contributed by atoms with Crippen LogP contribution in [0.25, 0.3) is 0 Å². The van der Waals surface area contributed by atoms with E-state index in [1.54, 1.807) is 11.3 Å². The van der Waals surface area contributed by atoms with Gasteiger partial charge >= 0.3 is 5.97 Å². The standard InChI is InChI=1S/C12H15NO3S/c1-7-6-9(8(2)17-7)10(14)13-12(11(15)16)4-3-5-12/h6H,3-5H2,1-2H3,(H,13,14)(H,15,16). The molecule has 0 saturated heterocycles. The average molecular weight is 253 g/mol. The fourth-order valence-electron chi connectivity index (χ4n) is 2.06. The summed E-state index contributed by atoms with van der Waals surface area (Å²) >= 11 is 1.55. The molecule has 0 spiro atoms. The van der Waals surface area contributed by atoms with Gasteiger partial charge in [0.2, 0.25) is 0 Å². The monoisotopic (exact) mass is 253 g/mol. The van der Waals surface area contributed by atoms with E-state index in [1.807, 2.05) is 19.9 Å². The lowest BCUT2D eigenvalue weighted by Crippen LogP contribution is -2.59. The molecule has 2 N–H and O–H groups in total. The Morgan fingerprint density at radius 3 is 2.41 bits per heavy atom. The molecule has 1 fully saturated rings. The number of rotatable bonds is 3. The zero-order valence-corrected chi connectivity index (χ0v) is 10.7. The Balaban J connectivity index is 2.17. The Bertz CT molecular complexity index is 474. The highest BCUT2D eigenvalue weighted by Crippen LogP contribution is 2.33. The molecule has 1 aliphatic carbocycles. The van der Waals surface area contributed by atoms with Crippen LogP contribution in [-0.4, -0.2) is 22.5 Å². The number of aryl methyl sites for hydroxylation is 2. The van der Waals surface area contributed by atoms with E-state index in [0.29, 0.717) is 18.4 Å². The maximum atomic E-state index is 12.0. The van der Waals surface area contributed by atoms with Crippen LogP contribution < -0.4 is 5.32 Å². The number of amides is 1. The first kappa shape index (κ1) is 12.1. The summed E-state index contributed by atoms with van der Waals surface area (Å²) in [5.74, 6) is -1.20. The van der Waals surface area contributed by atoms with Gasteiger partial charge in [-0.2, -0.15) is 0 Å². The summed E-state index contributed by atoms with van der Waals surface area (Å²) in [4.78, 5) is 25.2. The lowest BCUT2D eigenvalue weighted by molar-refractivity contribution is -0.148. The summed E-state index contributed by atoms with van der Waals surface area (Å²) in [7, 11) is 0. The van der Waals surface area contributed by atoms with E-state index in [1.165, 1.54) is 0 Å². The Hall–Kier alpha value is -1.36. The molecule has 0 bridgehead atoms. The summed E-state index contributed by atoms with van der Waals surface area (Å²) in [6.07, 6.45) is 1.90. The Morgan fingerprint density at radius 2 is 2.06 bits per heavy atom. The molecule has 1 heterocycles. The first-order chi connectivity index (χ1) is 7.94. The van der Waals surface area contributed by atoms with Crippen molar-refractivity contribution in [3.05, 3.63) is 21.4 Å². The highest BCUT2D eigenvalue weighted by atomic mass is 32.1. The fraction of sp³-hybridized carbons (Fsp3) is 0.500. The highest BCUT2D eigenvalue weighted by molar-refractivity contribution is 7.12. The zero-order chi connectivity index (χ0) is 12.6. The molecule has 1 aromatic rings. The fourth-order valence-corrected chi connectivity index (χ4v) is 2.98. The van der Waals surface area contributed by atoms with Gasteiger partial charge in [-0.15, -0.1) is 11.3 Å². The van der Waals surface area contributed by atoms with Crippen molar-refractivity contribution in [2.24, 2.45) is 0 Å². The van der Waals surface area contributed by atoms with Crippen molar-refractivity contribution in [3.63, 3.8) is 0 Å². The second-order valence-corrected chi connectivity index (χ2v) is 5.98. The van der Waals surface area contributed by atoms with E-state index < -0.39 is 11.5 Å². The van der Waals surface area contributed by atoms with Gasteiger partial charge in [0.15, 0.2) is 0 Å². The van der Waals surface area contributed by atoms with Crippen LogP contribution in [0.2, 0.25) is 0 Å². The molecular formula is C12H15NO3S. The summed E-state index contributed by atoms with van der Waals surface area (Å²) in [5.41, 5.74) is -0.431. The molecular weight excluding hydrogens is 238 g/mol. The van der Waals surface area contributed by atoms with Crippen molar-refractivity contribution >= 4 is 23.2 Å². The van der Waals surface area contributed by atoms with Gasteiger partial charge in [0.25, 0.3) is 5.91 Å². The topological polar surface area (TPSA) is 66.4 Å². The zero-order valence-electron chi connectivity index (χ0n) is 9.87. The van der Waals surface area contributed by atoms with E-state index in [9.17, 15) is 9.59 Å². The maximum absolute atomic E-state index is 12.0. The van der Waals surface area contributed by atoms with Crippen molar-refractivity contribution in [1.82, 2.24) is 5.32 Å². The third kappa shape index (κ3) is 2.07. The minimum absolute atomic E-state index is 0.269. The second-order valence-electron chi connectivity index (χ2n) is 4.52. The molecule has 0 aliphatic heterocycles. The van der Waals surface area contributed by atoms with Crippen molar-refractivity contribution in [2.45, 2.75) is 38.6 Å². The lowest BCUT2D eigenvalue weighted by Gasteiger charge is -2.38. The molecule has 1 aliphatic rings. The van der Waals surface area contributed by atoms with E-state index in [4.69, 9.17) is 5.11 Å². The summed E-state index contributed by atoms with van der Waals surface area (Å²) in [6, 6.07) is 1.81. The quantitative estimate of drug-likeness (QED) is 0.867. The number of aliphatic carboxylic acids is 1. The van der Waals surface area contributed by atoms with E-state index >= 15 is 0 Å². The molecule has 92 valence electrons. The number of nitrogens with one attached hydrogen (secondary N) is 1. The van der Waals surface area contributed by atoms with Crippen LogP contribution in [0.5, 0.6) is 0 Å². The van der Waals surface area contributed by atoms with E-state index in [0.717, 1.165) is 16.2 Å². The number of carboxylic acids is 1. The smallest absolute Gasteiger partial charge is 0.329 e. The van der Waals surface area contributed by atoms with Gasteiger partial charge in [-0.25, -0.2) is 4.79 Å². The molecule has 2 rings (SSSR count). The second kappa shape index (κ2) is 4.14. The van der Waals surface area contributed by atoms with E-state index in [-0.39, 0.29) is 5.91 Å². The molecule has 0 aromatic carbocycles. The largest absolute Gasteiger partial charge is 0.480 e. The van der Waals surface area contributed by atoms with E-state index in [2.05, 4.69) is 5.32 Å². The van der Waals surface area contributed by atoms with Crippen LogP contribution in [0.3, 0.4) is 0 Å². The summed E-state index contributed by atoms with van der Waals surface area (Å²) in [6.45, 7) is 3.81. The minimum Gasteiger partial charge on any atom is -0.480 e. The van der Waals surface area contributed by atoms with Gasteiger partial charge in [0, 0.05) is 9.75 Å². The maximum Gasteiger partial charge on any atom is 0.329 e. The molecule has 1 aromatic heterocycles. The minimum atomic E-state index is -1.03. The molecule has 5 heteroatoms. The Morgan fingerprint density at radius 1 is 1.41 bits per heavy atom. The van der Waals surface area contributed by atoms with Crippen LogP contribution in [0.1, 0.15) is 39.4 Å². The van der Waals surface area contributed by atoms with Gasteiger partial charge in [-0.05, 0) is 39.2 Å². The van der Waals surface area contributed by atoms with Gasteiger partial charge < -0.3 is 10.4 Å². The number of carbonyl (C=O) groups excluding carboxylic acids is 1. The van der Waals surface area contributed by atoms with Gasteiger partial charge in [-0.1, -0.05) is 0 Å². The van der Waals surface area contributed by atoms with Gasteiger partial charge in [-0.3, -0.25) is 4.79 Å². The first-order valence-corrected chi connectivity index (χ1v) is 6.39. The molecule has 1 saturated carbocycles. The number of carbonyl (C=O) groups is 2. The predicted octanol–water partition coefficient (Wildman–Crippen LogP) is 2.10. The Labute approximate surface area is 104 Å². The van der Waals surface area contributed by atoms with Crippen LogP contribution in [0.4, 0.5) is 0 Å². The number of hydrogen-bond donors (Lipinski definition) is 2. The van der Waals surface area contributed by atoms with Gasteiger partial charge in [0.1, 0.15) is 5.54 Å². The number of carboxylic acid groups (broad SMARTS) is 1. The third-order valence-electron chi connectivity index (χ3n) is 3.25. The van der Waals surface area contributed by atoms with Crippen molar-refractivity contribution in [2.75, 3.05) is 0 Å². The molecule has 0 radical (unpaired) electrons. The summed E-state index contributed by atoms with van der Waals surface area (Å²) in [5, 5.41) is 11.8. The van der Waals surface area contributed by atoms with Crippen LogP contribution in [-0.2, 0) is 4.79 Å². The molecule has 0 atom stereocenters. The third-order valence-corrected chi connectivity index (χ3v) is 4.22. The Kier molecular flexibility index (Phi) is 2.95. The first-order valence-electron chi connectivity index (χ1n) is 5.57. The SMILES string of the molecule is Cc1cc(C(=O)NC2(C(=O)O)CCC2)c(C)s1. The molecule has 0 unspecified atom stereocenters. The molecule has 17 heavy (non-hydrogen) atoms. The van der Waals surface area contributed by atoms with Crippen LogP contribution in [0.15, 0.2) is 6.07 Å². The predicted molar refractivity (Wildman–Crippen MR) is 65.5 cm³/mol.